The van der Waals surface area contributed by atoms with Crippen LogP contribution in [0.25, 0.3) is 10.8 Å². The Morgan fingerprint density at radius 2 is 1.25 bits per heavy atom. The Morgan fingerprint density at radius 1 is 0.646 bits per heavy atom. The SMILES string of the molecule is CCOc1ccc(C[C@@H](NC(=O)Oc2cccc3ccccc23)C(=O)N[C@@H](Cc2ccccc2)C(=O)NCc2ccc(CN)cc2)cc1. The number of hydrogen-bond acceptors (Lipinski definition) is 6. The van der Waals surface area contributed by atoms with E-state index in [1.807, 2.05) is 116 Å². The lowest BCUT2D eigenvalue weighted by Gasteiger charge is -2.23. The van der Waals surface area contributed by atoms with Crippen LogP contribution < -0.4 is 31.2 Å². The molecule has 5 aromatic carbocycles. The Balaban J connectivity index is 1.35. The first kappa shape index (κ1) is 33.7. The summed E-state index contributed by atoms with van der Waals surface area (Å²) < 4.78 is 11.3. The molecule has 0 bridgehead atoms. The molecule has 0 spiro atoms. The fraction of sp³-hybridized carbons (Fsp3) is 0.205. The molecule has 9 heteroatoms. The molecule has 0 saturated heterocycles. The van der Waals surface area contributed by atoms with E-state index < -0.39 is 24.1 Å². The van der Waals surface area contributed by atoms with Crippen molar-refractivity contribution in [3.8, 4) is 11.5 Å². The van der Waals surface area contributed by atoms with Gasteiger partial charge < -0.3 is 31.2 Å². The predicted octanol–water partition coefficient (Wildman–Crippen LogP) is 5.44. The third-order valence-corrected chi connectivity index (χ3v) is 7.88. The molecule has 0 heterocycles. The Hall–Kier alpha value is -5.67. The summed E-state index contributed by atoms with van der Waals surface area (Å²) in [5.74, 6) is 0.185. The summed E-state index contributed by atoms with van der Waals surface area (Å²) in [6.45, 7) is 3.13. The summed E-state index contributed by atoms with van der Waals surface area (Å²) in [6, 6.07) is 35.4. The van der Waals surface area contributed by atoms with Crippen LogP contribution in [0.3, 0.4) is 0 Å². The van der Waals surface area contributed by atoms with Crippen LogP contribution in [-0.2, 0) is 35.5 Å². The van der Waals surface area contributed by atoms with E-state index in [1.165, 1.54) is 0 Å². The summed E-state index contributed by atoms with van der Waals surface area (Å²) in [5, 5.41) is 10.3. The van der Waals surface area contributed by atoms with Crippen LogP contribution >= 0.6 is 0 Å². The molecule has 0 aromatic heterocycles. The van der Waals surface area contributed by atoms with Gasteiger partial charge in [-0.3, -0.25) is 9.59 Å². The topological polar surface area (TPSA) is 132 Å². The second-order valence-corrected chi connectivity index (χ2v) is 11.3. The average Bonchev–Trinajstić information content (AvgIpc) is 3.11. The summed E-state index contributed by atoms with van der Waals surface area (Å²) in [7, 11) is 0. The number of fused-ring (bicyclic) bond motifs is 1. The highest BCUT2D eigenvalue weighted by Crippen LogP contribution is 2.25. The van der Waals surface area contributed by atoms with Crippen molar-refractivity contribution in [1.29, 1.82) is 0 Å². The first-order valence-corrected chi connectivity index (χ1v) is 16.0. The number of hydrogen-bond donors (Lipinski definition) is 4. The quantitative estimate of drug-likeness (QED) is 0.127. The minimum Gasteiger partial charge on any atom is -0.494 e. The lowest BCUT2D eigenvalue weighted by Crippen LogP contribution is -2.55. The van der Waals surface area contributed by atoms with Gasteiger partial charge in [0.1, 0.15) is 23.6 Å². The van der Waals surface area contributed by atoms with E-state index in [4.69, 9.17) is 15.2 Å². The lowest BCUT2D eigenvalue weighted by molar-refractivity contribution is -0.130. The Morgan fingerprint density at radius 3 is 1.96 bits per heavy atom. The second kappa shape index (κ2) is 16.8. The van der Waals surface area contributed by atoms with Gasteiger partial charge in [-0.1, -0.05) is 103 Å². The van der Waals surface area contributed by atoms with Crippen LogP contribution in [0.2, 0.25) is 0 Å². The molecule has 246 valence electrons. The zero-order valence-electron chi connectivity index (χ0n) is 26.9. The van der Waals surface area contributed by atoms with Gasteiger partial charge >= 0.3 is 6.09 Å². The maximum Gasteiger partial charge on any atom is 0.413 e. The maximum absolute atomic E-state index is 14.0. The van der Waals surface area contributed by atoms with Crippen LogP contribution in [0.15, 0.2) is 121 Å². The zero-order valence-corrected chi connectivity index (χ0v) is 26.9. The number of nitrogens with one attached hydrogen (secondary N) is 3. The number of amides is 3. The van der Waals surface area contributed by atoms with Crippen LogP contribution in [0.1, 0.15) is 29.2 Å². The van der Waals surface area contributed by atoms with E-state index in [0.717, 1.165) is 33.0 Å². The molecule has 0 saturated carbocycles. The standard InChI is InChI=1S/C39H40N4O5/c1-2-47-32-21-19-28(20-22-32)24-35(43-39(46)48-36-14-8-12-31-11-6-7-13-33(31)36)38(45)42-34(23-27-9-4-3-5-10-27)37(44)41-26-30-17-15-29(25-40)16-18-30/h3-22,34-35H,2,23-26,40H2,1H3,(H,41,44)(H,42,45)(H,43,46)/t34-,35+/m0/s1. The summed E-state index contributed by atoms with van der Waals surface area (Å²) in [6.07, 6.45) is -0.390. The number of carbonyl (C=O) groups excluding carboxylic acids is 3. The Labute approximate surface area is 280 Å². The number of benzene rings is 5. The highest BCUT2D eigenvalue weighted by molar-refractivity contribution is 5.93. The van der Waals surface area contributed by atoms with Gasteiger partial charge in [-0.05, 0) is 52.8 Å². The van der Waals surface area contributed by atoms with Gasteiger partial charge in [0.2, 0.25) is 11.8 Å². The monoisotopic (exact) mass is 644 g/mol. The highest BCUT2D eigenvalue weighted by Gasteiger charge is 2.28. The smallest absolute Gasteiger partial charge is 0.413 e. The van der Waals surface area contributed by atoms with Crippen molar-refractivity contribution in [3.05, 3.63) is 144 Å². The van der Waals surface area contributed by atoms with Crippen molar-refractivity contribution in [2.75, 3.05) is 6.61 Å². The minimum absolute atomic E-state index is 0.149. The van der Waals surface area contributed by atoms with E-state index in [2.05, 4.69) is 16.0 Å². The van der Waals surface area contributed by atoms with E-state index in [1.54, 1.807) is 12.1 Å². The van der Waals surface area contributed by atoms with Gasteiger partial charge in [-0.2, -0.15) is 0 Å². The molecule has 2 atom stereocenters. The van der Waals surface area contributed by atoms with Crippen molar-refractivity contribution in [1.82, 2.24) is 16.0 Å². The first-order chi connectivity index (χ1) is 23.4. The molecule has 5 rings (SSSR count). The molecule has 0 aliphatic carbocycles. The van der Waals surface area contributed by atoms with Crippen molar-refractivity contribution in [2.24, 2.45) is 5.73 Å². The Bertz CT molecular complexity index is 1810. The van der Waals surface area contributed by atoms with Crippen LogP contribution in [0, 0.1) is 0 Å². The molecule has 0 aliphatic rings. The fourth-order valence-corrected chi connectivity index (χ4v) is 5.33. The van der Waals surface area contributed by atoms with Gasteiger partial charge in [0, 0.05) is 31.3 Å². The largest absolute Gasteiger partial charge is 0.494 e. The third kappa shape index (κ3) is 9.43. The number of rotatable bonds is 14. The minimum atomic E-state index is -1.06. The van der Waals surface area contributed by atoms with Gasteiger partial charge in [-0.15, -0.1) is 0 Å². The molecule has 9 nitrogen and oxygen atoms in total. The molecule has 0 fully saturated rings. The van der Waals surface area contributed by atoms with Crippen molar-refractivity contribution in [3.63, 3.8) is 0 Å². The molecular formula is C39H40N4O5. The number of ether oxygens (including phenoxy) is 2. The van der Waals surface area contributed by atoms with Gasteiger partial charge in [0.05, 0.1) is 6.61 Å². The molecule has 5 N–H and O–H groups in total. The highest BCUT2D eigenvalue weighted by atomic mass is 16.6. The predicted molar refractivity (Wildman–Crippen MR) is 186 cm³/mol. The van der Waals surface area contributed by atoms with Gasteiger partial charge in [0.25, 0.3) is 0 Å². The third-order valence-electron chi connectivity index (χ3n) is 7.88. The van der Waals surface area contributed by atoms with Crippen molar-refractivity contribution < 1.29 is 23.9 Å². The van der Waals surface area contributed by atoms with Crippen LogP contribution in [0.4, 0.5) is 4.79 Å². The van der Waals surface area contributed by atoms with Crippen LogP contribution in [0.5, 0.6) is 11.5 Å². The lowest BCUT2D eigenvalue weighted by atomic mass is 10.0. The van der Waals surface area contributed by atoms with E-state index in [-0.39, 0.29) is 25.3 Å². The zero-order chi connectivity index (χ0) is 33.7. The molecular weight excluding hydrogens is 604 g/mol. The van der Waals surface area contributed by atoms with Crippen molar-refractivity contribution >= 4 is 28.7 Å². The molecule has 3 amide bonds. The van der Waals surface area contributed by atoms with Gasteiger partial charge in [-0.25, -0.2) is 4.79 Å². The number of carbonyl (C=O) groups is 3. The summed E-state index contributed by atoms with van der Waals surface area (Å²) >= 11 is 0. The Kier molecular flexibility index (Phi) is 11.8. The summed E-state index contributed by atoms with van der Waals surface area (Å²) in [5.41, 5.74) is 9.26. The van der Waals surface area contributed by atoms with E-state index in [9.17, 15) is 14.4 Å². The molecule has 0 unspecified atom stereocenters. The molecule has 48 heavy (non-hydrogen) atoms. The van der Waals surface area contributed by atoms with Gasteiger partial charge in [0.15, 0.2) is 0 Å². The second-order valence-electron chi connectivity index (χ2n) is 11.3. The maximum atomic E-state index is 14.0. The molecule has 5 aromatic rings. The van der Waals surface area contributed by atoms with Crippen LogP contribution in [-0.4, -0.2) is 36.6 Å². The first-order valence-electron chi connectivity index (χ1n) is 16.0. The number of nitrogens with two attached hydrogens (primary N) is 1. The van der Waals surface area contributed by atoms with E-state index >= 15 is 0 Å². The molecule has 0 aliphatic heterocycles. The average molecular weight is 645 g/mol. The van der Waals surface area contributed by atoms with Crippen molar-refractivity contribution in [2.45, 2.75) is 44.9 Å². The molecule has 0 radical (unpaired) electrons. The summed E-state index contributed by atoms with van der Waals surface area (Å²) in [4.78, 5) is 40.8. The normalized spacial score (nSPS) is 12.0. The fourth-order valence-electron chi connectivity index (χ4n) is 5.33. The van der Waals surface area contributed by atoms with E-state index in [0.29, 0.717) is 24.7 Å².